The van der Waals surface area contributed by atoms with E-state index in [0.717, 1.165) is 18.9 Å². The normalized spacial score (nSPS) is 24.2. The van der Waals surface area contributed by atoms with Gasteiger partial charge in [-0.1, -0.05) is 38.1 Å². The zero-order valence-electron chi connectivity index (χ0n) is 14.8. The summed E-state index contributed by atoms with van der Waals surface area (Å²) in [6, 6.07) is 9.18. The third-order valence-electron chi connectivity index (χ3n) is 4.70. The zero-order chi connectivity index (χ0) is 16.8. The van der Waals surface area contributed by atoms with Gasteiger partial charge < -0.3 is 4.57 Å². The van der Waals surface area contributed by atoms with Gasteiger partial charge in [-0.2, -0.15) is 0 Å². The molecule has 1 aliphatic heterocycles. The first kappa shape index (κ1) is 17.9. The van der Waals surface area contributed by atoms with Crippen molar-refractivity contribution in [3.05, 3.63) is 54.1 Å². The van der Waals surface area contributed by atoms with Crippen LogP contribution >= 0.6 is 23.5 Å². The fourth-order valence-corrected chi connectivity index (χ4v) is 6.52. The number of hydrogen-bond acceptors (Lipinski definition) is 3. The second kappa shape index (κ2) is 8.48. The van der Waals surface area contributed by atoms with Gasteiger partial charge in [0.15, 0.2) is 0 Å². The molecule has 24 heavy (non-hydrogen) atoms. The van der Waals surface area contributed by atoms with Crippen LogP contribution in [0.25, 0.3) is 0 Å². The molecule has 3 rings (SSSR count). The van der Waals surface area contributed by atoms with Gasteiger partial charge >= 0.3 is 0 Å². The van der Waals surface area contributed by atoms with Gasteiger partial charge in [-0.25, -0.2) is 4.98 Å². The van der Waals surface area contributed by atoms with Crippen molar-refractivity contribution in [3.8, 4) is 0 Å². The van der Waals surface area contributed by atoms with Gasteiger partial charge in [-0.3, -0.25) is 0 Å². The topological polar surface area (TPSA) is 17.8 Å². The second-order valence-corrected chi connectivity index (χ2v) is 9.96. The Morgan fingerprint density at radius 1 is 1.17 bits per heavy atom. The predicted octanol–water partition coefficient (Wildman–Crippen LogP) is 5.28. The van der Waals surface area contributed by atoms with Crippen molar-refractivity contribution < 1.29 is 0 Å². The Bertz CT molecular complexity index is 599. The maximum absolute atomic E-state index is 4.22. The average molecular weight is 361 g/mol. The standard InChI is InChI=1S/C20H28N2S2/c1-3-18-6-8-19(9-7-18)5-4-10-20(15-22-12-11-21-16-22)23-13-17(2)14-24-20/h6-9,11-12,16-17H,3-5,10,13-15H2,1-2H3. The Hall–Kier alpha value is -0.870. The minimum Gasteiger partial charge on any atom is -0.335 e. The van der Waals surface area contributed by atoms with E-state index in [1.165, 1.54) is 41.9 Å². The number of imidazole rings is 1. The number of hydrogen-bond donors (Lipinski definition) is 0. The SMILES string of the molecule is CCc1ccc(CCCC2(Cn3ccnc3)SCC(C)CS2)cc1. The molecule has 130 valence electrons. The van der Waals surface area contributed by atoms with Crippen molar-refractivity contribution in [1.29, 1.82) is 0 Å². The van der Waals surface area contributed by atoms with Crippen molar-refractivity contribution in [1.82, 2.24) is 9.55 Å². The van der Waals surface area contributed by atoms with E-state index in [2.05, 4.69) is 77.4 Å². The van der Waals surface area contributed by atoms with Gasteiger partial charge in [0.05, 0.1) is 10.4 Å². The fraction of sp³-hybridized carbons (Fsp3) is 0.550. The van der Waals surface area contributed by atoms with E-state index in [1.54, 1.807) is 0 Å². The summed E-state index contributed by atoms with van der Waals surface area (Å²) >= 11 is 4.35. The first-order valence-electron chi connectivity index (χ1n) is 9.00. The Morgan fingerprint density at radius 2 is 1.88 bits per heavy atom. The van der Waals surface area contributed by atoms with Crippen LogP contribution in [-0.4, -0.2) is 25.1 Å². The summed E-state index contributed by atoms with van der Waals surface area (Å²) in [5.74, 6) is 3.40. The third-order valence-corrected chi connectivity index (χ3v) is 8.60. The van der Waals surface area contributed by atoms with Crippen LogP contribution < -0.4 is 0 Å². The number of thioether (sulfide) groups is 2. The highest BCUT2D eigenvalue weighted by molar-refractivity contribution is 8.18. The van der Waals surface area contributed by atoms with Crippen LogP contribution in [0.2, 0.25) is 0 Å². The molecular formula is C20H28N2S2. The van der Waals surface area contributed by atoms with Gasteiger partial charge in [-0.15, -0.1) is 23.5 Å². The number of benzene rings is 1. The van der Waals surface area contributed by atoms with Crippen molar-refractivity contribution >= 4 is 23.5 Å². The first-order valence-corrected chi connectivity index (χ1v) is 11.0. The number of nitrogens with zero attached hydrogens (tertiary/aromatic N) is 2. The van der Waals surface area contributed by atoms with E-state index in [9.17, 15) is 0 Å². The lowest BCUT2D eigenvalue weighted by Crippen LogP contribution is -2.33. The quantitative estimate of drug-likeness (QED) is 0.669. The molecule has 2 aromatic rings. The molecule has 0 unspecified atom stereocenters. The van der Waals surface area contributed by atoms with Crippen LogP contribution in [0.1, 0.15) is 37.8 Å². The molecule has 0 saturated carbocycles. The molecule has 0 aliphatic carbocycles. The predicted molar refractivity (Wildman–Crippen MR) is 108 cm³/mol. The summed E-state index contributed by atoms with van der Waals surface area (Å²) in [7, 11) is 0. The van der Waals surface area contributed by atoms with E-state index in [-0.39, 0.29) is 0 Å². The molecule has 1 aliphatic rings. The lowest BCUT2D eigenvalue weighted by Gasteiger charge is -2.38. The summed E-state index contributed by atoms with van der Waals surface area (Å²) < 4.78 is 2.57. The van der Waals surface area contributed by atoms with Crippen LogP contribution in [0.5, 0.6) is 0 Å². The Labute approximate surface area is 154 Å². The molecule has 1 aromatic carbocycles. The third kappa shape index (κ3) is 4.82. The number of rotatable bonds is 7. The molecule has 1 aromatic heterocycles. The zero-order valence-corrected chi connectivity index (χ0v) is 16.4. The monoisotopic (exact) mass is 360 g/mol. The minimum absolute atomic E-state index is 0.316. The molecule has 2 nitrogen and oxygen atoms in total. The van der Waals surface area contributed by atoms with Gasteiger partial charge in [0.2, 0.25) is 0 Å². The summed E-state index contributed by atoms with van der Waals surface area (Å²) in [4.78, 5) is 4.22. The highest BCUT2D eigenvalue weighted by Gasteiger charge is 2.35. The lowest BCUT2D eigenvalue weighted by molar-refractivity contribution is 0.559. The molecule has 4 heteroatoms. The van der Waals surface area contributed by atoms with Crippen LogP contribution in [0.15, 0.2) is 43.0 Å². The Kier molecular flexibility index (Phi) is 6.34. The molecule has 2 heterocycles. The van der Waals surface area contributed by atoms with E-state index in [1.807, 2.05) is 12.5 Å². The molecule has 0 radical (unpaired) electrons. The van der Waals surface area contributed by atoms with Gasteiger partial charge in [0.25, 0.3) is 0 Å². The molecule has 0 N–H and O–H groups in total. The maximum Gasteiger partial charge on any atom is 0.0946 e. The summed E-state index contributed by atoms with van der Waals surface area (Å²) in [6.07, 6.45) is 10.8. The summed E-state index contributed by atoms with van der Waals surface area (Å²) in [6.45, 7) is 5.66. The fourth-order valence-electron chi connectivity index (χ4n) is 3.15. The van der Waals surface area contributed by atoms with Crippen LogP contribution in [0.4, 0.5) is 0 Å². The largest absolute Gasteiger partial charge is 0.335 e. The van der Waals surface area contributed by atoms with Crippen molar-refractivity contribution in [2.45, 2.75) is 50.2 Å². The lowest BCUT2D eigenvalue weighted by atomic mass is 10.0. The van der Waals surface area contributed by atoms with Crippen molar-refractivity contribution in [2.75, 3.05) is 11.5 Å². The maximum atomic E-state index is 4.22. The molecule has 0 bridgehead atoms. The van der Waals surface area contributed by atoms with Crippen molar-refractivity contribution in [3.63, 3.8) is 0 Å². The number of aryl methyl sites for hydroxylation is 2. The van der Waals surface area contributed by atoms with E-state index in [4.69, 9.17) is 0 Å². The molecular weight excluding hydrogens is 332 g/mol. The van der Waals surface area contributed by atoms with Crippen LogP contribution in [0, 0.1) is 5.92 Å². The van der Waals surface area contributed by atoms with Gasteiger partial charge in [-0.05, 0) is 54.2 Å². The number of aromatic nitrogens is 2. The van der Waals surface area contributed by atoms with E-state index in [0.29, 0.717) is 4.08 Å². The highest BCUT2D eigenvalue weighted by Crippen LogP contribution is 2.48. The van der Waals surface area contributed by atoms with E-state index < -0.39 is 0 Å². The van der Waals surface area contributed by atoms with Gasteiger partial charge in [0.1, 0.15) is 0 Å². The molecule has 0 atom stereocenters. The van der Waals surface area contributed by atoms with E-state index >= 15 is 0 Å². The Balaban J connectivity index is 1.59. The minimum atomic E-state index is 0.316. The van der Waals surface area contributed by atoms with Crippen molar-refractivity contribution in [2.24, 2.45) is 5.92 Å². The van der Waals surface area contributed by atoms with Crippen LogP contribution in [0.3, 0.4) is 0 Å². The molecule has 1 saturated heterocycles. The average Bonchev–Trinajstić information content (AvgIpc) is 3.11. The summed E-state index contributed by atoms with van der Waals surface area (Å²) in [5.41, 5.74) is 2.91. The summed E-state index contributed by atoms with van der Waals surface area (Å²) in [5, 5.41) is 0. The molecule has 0 amide bonds. The first-order chi connectivity index (χ1) is 11.7. The Morgan fingerprint density at radius 3 is 2.50 bits per heavy atom. The second-order valence-electron chi connectivity index (χ2n) is 6.90. The smallest absolute Gasteiger partial charge is 0.0946 e. The van der Waals surface area contributed by atoms with Crippen LogP contribution in [-0.2, 0) is 19.4 Å². The highest BCUT2D eigenvalue weighted by atomic mass is 32.2. The van der Waals surface area contributed by atoms with Gasteiger partial charge in [0, 0.05) is 18.9 Å². The molecule has 0 spiro atoms. The molecule has 1 fully saturated rings.